The fourth-order valence-electron chi connectivity index (χ4n) is 3.84. The summed E-state index contributed by atoms with van der Waals surface area (Å²) in [6.07, 6.45) is -0.948. The number of fused-ring (bicyclic) bond motifs is 3. The number of hydrogen-bond acceptors (Lipinski definition) is 4. The number of aromatic nitrogens is 1. The zero-order valence-corrected chi connectivity index (χ0v) is 18.7. The summed E-state index contributed by atoms with van der Waals surface area (Å²) in [4.78, 5) is 28.5. The number of carbonyl (C=O) groups is 1. The summed E-state index contributed by atoms with van der Waals surface area (Å²) in [5.41, 5.74) is 2.88. The molecule has 0 radical (unpaired) electrons. The van der Waals surface area contributed by atoms with Gasteiger partial charge in [0.15, 0.2) is 0 Å². The molecular weight excluding hydrogens is 412 g/mol. The Kier molecular flexibility index (Phi) is 5.23. The van der Waals surface area contributed by atoms with Crippen molar-refractivity contribution in [2.24, 2.45) is 0 Å². The minimum absolute atomic E-state index is 0.0973. The topological polar surface area (TPSA) is 82.6 Å². The van der Waals surface area contributed by atoms with E-state index in [4.69, 9.17) is 4.74 Å². The zero-order chi connectivity index (χ0) is 22.3. The highest BCUT2D eigenvalue weighted by Crippen LogP contribution is 2.40. The molecule has 0 saturated heterocycles. The van der Waals surface area contributed by atoms with Gasteiger partial charge in [0.2, 0.25) is 0 Å². The Morgan fingerprint density at radius 1 is 1.13 bits per heavy atom. The minimum atomic E-state index is -0.948. The predicted octanol–water partition coefficient (Wildman–Crippen LogP) is 5.70. The number of rotatable bonds is 4. The highest BCUT2D eigenvalue weighted by atomic mass is 32.1. The number of thiophene rings is 1. The highest BCUT2D eigenvalue weighted by molar-refractivity contribution is 7.17. The molecule has 160 valence electrons. The van der Waals surface area contributed by atoms with Gasteiger partial charge in [0, 0.05) is 33.9 Å². The number of aromatic amines is 1. The Labute approximate surface area is 183 Å². The number of pyridine rings is 1. The van der Waals surface area contributed by atoms with Crippen LogP contribution in [0.25, 0.3) is 32.1 Å². The second-order valence-corrected chi connectivity index (χ2v) is 9.34. The van der Waals surface area contributed by atoms with Crippen LogP contribution in [0.15, 0.2) is 52.6 Å². The van der Waals surface area contributed by atoms with E-state index in [-0.39, 0.29) is 5.56 Å². The van der Waals surface area contributed by atoms with Crippen LogP contribution in [0, 0.1) is 0 Å². The van der Waals surface area contributed by atoms with Crippen molar-refractivity contribution in [1.29, 1.82) is 0 Å². The standard InChI is InChI=1S/C24H24N2O4S/c1-24(2,3)26(23(28)29)13-14-5-7-15(8-6-14)19-18(30-4)10-9-17-20(19)16-11-12-31-21(16)22(27)25-17/h5-12H,13H2,1-4H3,(H,25,27)(H,28,29). The van der Waals surface area contributed by atoms with Crippen LogP contribution in [0.4, 0.5) is 4.79 Å². The molecule has 7 heteroatoms. The lowest BCUT2D eigenvalue weighted by Crippen LogP contribution is -2.44. The van der Waals surface area contributed by atoms with Crippen LogP contribution in [-0.4, -0.2) is 33.7 Å². The van der Waals surface area contributed by atoms with Crippen molar-refractivity contribution in [2.75, 3.05) is 7.11 Å². The second-order valence-electron chi connectivity index (χ2n) is 8.42. The third-order valence-corrected chi connectivity index (χ3v) is 6.31. The number of hydrogen-bond donors (Lipinski definition) is 2. The average Bonchev–Trinajstić information content (AvgIpc) is 3.21. The molecular formula is C24H24N2O4S. The lowest BCUT2D eigenvalue weighted by atomic mass is 9.96. The summed E-state index contributed by atoms with van der Waals surface area (Å²) in [6.45, 7) is 5.93. The summed E-state index contributed by atoms with van der Waals surface area (Å²) in [6, 6.07) is 13.5. The van der Waals surface area contributed by atoms with Gasteiger partial charge < -0.3 is 14.8 Å². The quantitative estimate of drug-likeness (QED) is 0.430. The van der Waals surface area contributed by atoms with Gasteiger partial charge in [0.1, 0.15) is 10.4 Å². The van der Waals surface area contributed by atoms with Crippen molar-refractivity contribution >= 4 is 38.4 Å². The van der Waals surface area contributed by atoms with Crippen LogP contribution in [0.1, 0.15) is 26.3 Å². The molecule has 0 saturated carbocycles. The molecule has 0 aliphatic carbocycles. The number of nitrogens with zero attached hydrogens (tertiary/aromatic N) is 1. The van der Waals surface area contributed by atoms with Crippen molar-refractivity contribution in [3.05, 3.63) is 63.8 Å². The Balaban J connectivity index is 1.85. The van der Waals surface area contributed by atoms with E-state index in [2.05, 4.69) is 4.98 Å². The second kappa shape index (κ2) is 7.74. The lowest BCUT2D eigenvalue weighted by molar-refractivity contribution is 0.0955. The zero-order valence-electron chi connectivity index (χ0n) is 17.9. The van der Waals surface area contributed by atoms with E-state index in [1.165, 1.54) is 16.2 Å². The fraction of sp³-hybridized carbons (Fsp3) is 0.250. The van der Waals surface area contributed by atoms with Gasteiger partial charge in [0.05, 0.1) is 7.11 Å². The highest BCUT2D eigenvalue weighted by Gasteiger charge is 2.26. The molecule has 0 bridgehead atoms. The maximum Gasteiger partial charge on any atom is 0.408 e. The first-order chi connectivity index (χ1) is 14.7. The normalized spacial score (nSPS) is 11.7. The van der Waals surface area contributed by atoms with Crippen molar-refractivity contribution in [3.63, 3.8) is 0 Å². The molecule has 4 aromatic rings. The number of carboxylic acid groups (broad SMARTS) is 1. The van der Waals surface area contributed by atoms with Gasteiger partial charge in [0.25, 0.3) is 5.56 Å². The fourth-order valence-corrected chi connectivity index (χ4v) is 4.63. The van der Waals surface area contributed by atoms with Crippen LogP contribution >= 0.6 is 11.3 Å². The number of amides is 1. The van der Waals surface area contributed by atoms with E-state index in [0.717, 1.165) is 33.0 Å². The molecule has 2 N–H and O–H groups in total. The number of nitrogens with one attached hydrogen (secondary N) is 1. The summed E-state index contributed by atoms with van der Waals surface area (Å²) < 4.78 is 6.34. The first-order valence-electron chi connectivity index (χ1n) is 9.91. The molecule has 0 aliphatic rings. The van der Waals surface area contributed by atoms with E-state index in [0.29, 0.717) is 17.0 Å². The van der Waals surface area contributed by atoms with E-state index >= 15 is 0 Å². The smallest absolute Gasteiger partial charge is 0.408 e. The molecule has 0 fully saturated rings. The van der Waals surface area contributed by atoms with Crippen molar-refractivity contribution < 1.29 is 14.6 Å². The maximum absolute atomic E-state index is 12.4. The third kappa shape index (κ3) is 3.77. The monoisotopic (exact) mass is 436 g/mol. The van der Waals surface area contributed by atoms with Crippen LogP contribution in [-0.2, 0) is 6.54 Å². The largest absolute Gasteiger partial charge is 0.496 e. The Morgan fingerprint density at radius 3 is 2.45 bits per heavy atom. The van der Waals surface area contributed by atoms with E-state index in [1.54, 1.807) is 7.11 Å². The summed E-state index contributed by atoms with van der Waals surface area (Å²) >= 11 is 1.41. The third-order valence-electron chi connectivity index (χ3n) is 5.40. The van der Waals surface area contributed by atoms with E-state index in [1.807, 2.05) is 68.6 Å². The molecule has 1 amide bonds. The van der Waals surface area contributed by atoms with Crippen molar-refractivity contribution in [3.8, 4) is 16.9 Å². The number of methoxy groups -OCH3 is 1. The number of benzene rings is 2. The predicted molar refractivity (Wildman–Crippen MR) is 125 cm³/mol. The minimum Gasteiger partial charge on any atom is -0.496 e. The molecule has 0 unspecified atom stereocenters. The van der Waals surface area contributed by atoms with Crippen LogP contribution in [0.2, 0.25) is 0 Å². The molecule has 4 rings (SSSR count). The summed E-state index contributed by atoms with van der Waals surface area (Å²) in [7, 11) is 1.63. The van der Waals surface area contributed by atoms with Gasteiger partial charge in [-0.1, -0.05) is 24.3 Å². The van der Waals surface area contributed by atoms with Crippen molar-refractivity contribution in [2.45, 2.75) is 32.9 Å². The lowest BCUT2D eigenvalue weighted by Gasteiger charge is -2.33. The molecule has 0 atom stereocenters. The van der Waals surface area contributed by atoms with Gasteiger partial charge in [-0.2, -0.15) is 0 Å². The molecule has 0 spiro atoms. The summed E-state index contributed by atoms with van der Waals surface area (Å²) in [5.74, 6) is 0.710. The SMILES string of the molecule is COc1ccc2[nH]c(=O)c3sccc3c2c1-c1ccc(CN(C(=O)O)C(C)(C)C)cc1. The molecule has 2 heterocycles. The van der Waals surface area contributed by atoms with Crippen LogP contribution < -0.4 is 10.3 Å². The van der Waals surface area contributed by atoms with Crippen LogP contribution in [0.3, 0.4) is 0 Å². The van der Waals surface area contributed by atoms with E-state index in [9.17, 15) is 14.7 Å². The van der Waals surface area contributed by atoms with E-state index < -0.39 is 11.6 Å². The molecule has 0 aliphatic heterocycles. The Hall–Kier alpha value is -3.32. The van der Waals surface area contributed by atoms with Gasteiger partial charge in [-0.3, -0.25) is 9.69 Å². The van der Waals surface area contributed by atoms with Gasteiger partial charge >= 0.3 is 6.09 Å². The maximum atomic E-state index is 12.4. The Morgan fingerprint density at radius 2 is 1.84 bits per heavy atom. The molecule has 6 nitrogen and oxygen atoms in total. The van der Waals surface area contributed by atoms with Gasteiger partial charge in [-0.05, 0) is 55.5 Å². The number of ether oxygens (including phenoxy) is 1. The first kappa shape index (κ1) is 20.9. The average molecular weight is 437 g/mol. The van der Waals surface area contributed by atoms with Crippen LogP contribution in [0.5, 0.6) is 5.75 Å². The number of H-pyrrole nitrogens is 1. The first-order valence-corrected chi connectivity index (χ1v) is 10.8. The molecule has 2 aromatic heterocycles. The van der Waals surface area contributed by atoms with Gasteiger partial charge in [-0.15, -0.1) is 11.3 Å². The molecule has 2 aromatic carbocycles. The summed E-state index contributed by atoms with van der Waals surface area (Å²) in [5, 5.41) is 13.3. The molecule has 31 heavy (non-hydrogen) atoms. The Bertz CT molecular complexity index is 1330. The van der Waals surface area contributed by atoms with Crippen molar-refractivity contribution in [1.82, 2.24) is 9.88 Å². The van der Waals surface area contributed by atoms with Gasteiger partial charge in [-0.25, -0.2) is 4.79 Å².